The Morgan fingerprint density at radius 3 is 2.69 bits per heavy atom. The van der Waals surface area contributed by atoms with Gasteiger partial charge in [0, 0.05) is 11.6 Å². The first kappa shape index (κ1) is 12.2. The SMILES string of the molecule is CCc1ccc(CC(=O)OC)cc1[N+](=O)[O-]. The summed E-state index contributed by atoms with van der Waals surface area (Å²) in [5.74, 6) is -0.404. The Kier molecular flexibility index (Phi) is 3.99. The van der Waals surface area contributed by atoms with E-state index in [2.05, 4.69) is 4.74 Å². The normalized spacial score (nSPS) is 9.88. The molecule has 5 heteroatoms. The molecule has 0 aliphatic rings. The highest BCUT2D eigenvalue weighted by Crippen LogP contribution is 2.21. The molecule has 0 unspecified atom stereocenters. The van der Waals surface area contributed by atoms with Gasteiger partial charge in [0.1, 0.15) is 0 Å². The van der Waals surface area contributed by atoms with Gasteiger partial charge in [-0.3, -0.25) is 14.9 Å². The zero-order valence-electron chi connectivity index (χ0n) is 9.23. The largest absolute Gasteiger partial charge is 0.469 e. The molecule has 1 rings (SSSR count). The van der Waals surface area contributed by atoms with Gasteiger partial charge < -0.3 is 4.74 Å². The highest BCUT2D eigenvalue weighted by atomic mass is 16.6. The summed E-state index contributed by atoms with van der Waals surface area (Å²) in [5.41, 5.74) is 1.32. The monoisotopic (exact) mass is 223 g/mol. The topological polar surface area (TPSA) is 69.4 Å². The lowest BCUT2D eigenvalue weighted by molar-refractivity contribution is -0.385. The van der Waals surface area contributed by atoms with Crippen LogP contribution in [0.4, 0.5) is 5.69 Å². The molecule has 0 bridgehead atoms. The van der Waals surface area contributed by atoms with E-state index in [0.717, 1.165) is 0 Å². The Bertz CT molecular complexity index is 414. The second-order valence-electron chi connectivity index (χ2n) is 3.33. The Labute approximate surface area is 93.2 Å². The van der Waals surface area contributed by atoms with Gasteiger partial charge >= 0.3 is 5.97 Å². The van der Waals surface area contributed by atoms with Gasteiger partial charge in [0.15, 0.2) is 0 Å². The van der Waals surface area contributed by atoms with Gasteiger partial charge in [-0.1, -0.05) is 19.1 Å². The number of benzene rings is 1. The number of esters is 1. The van der Waals surface area contributed by atoms with Crippen molar-refractivity contribution >= 4 is 11.7 Å². The molecule has 86 valence electrons. The van der Waals surface area contributed by atoms with Gasteiger partial charge in [-0.2, -0.15) is 0 Å². The van der Waals surface area contributed by atoms with Gasteiger partial charge in [0.2, 0.25) is 0 Å². The standard InChI is InChI=1S/C11H13NO4/c1-3-9-5-4-8(7-11(13)16-2)6-10(9)12(14)15/h4-6H,3,7H2,1-2H3. The van der Waals surface area contributed by atoms with E-state index in [-0.39, 0.29) is 12.1 Å². The third-order valence-electron chi connectivity index (χ3n) is 2.30. The van der Waals surface area contributed by atoms with Crippen LogP contribution in [0.25, 0.3) is 0 Å². The molecule has 0 heterocycles. The lowest BCUT2D eigenvalue weighted by atomic mass is 10.1. The Hall–Kier alpha value is -1.91. The van der Waals surface area contributed by atoms with Crippen molar-refractivity contribution in [1.29, 1.82) is 0 Å². The summed E-state index contributed by atoms with van der Waals surface area (Å²) in [5, 5.41) is 10.8. The van der Waals surface area contributed by atoms with Crippen LogP contribution < -0.4 is 0 Å². The van der Waals surface area contributed by atoms with E-state index in [4.69, 9.17) is 0 Å². The van der Waals surface area contributed by atoms with Crippen LogP contribution in [-0.2, 0) is 22.4 Å². The molecule has 1 aromatic rings. The minimum absolute atomic E-state index is 0.0569. The maximum Gasteiger partial charge on any atom is 0.309 e. The number of aryl methyl sites for hydroxylation is 1. The number of hydrogen-bond acceptors (Lipinski definition) is 4. The minimum Gasteiger partial charge on any atom is -0.469 e. The second-order valence-corrected chi connectivity index (χ2v) is 3.33. The maximum absolute atomic E-state index is 11.0. The molecule has 0 aliphatic carbocycles. The molecule has 5 nitrogen and oxygen atoms in total. The quantitative estimate of drug-likeness (QED) is 0.444. The van der Waals surface area contributed by atoms with E-state index < -0.39 is 10.9 Å². The van der Waals surface area contributed by atoms with Crippen molar-refractivity contribution in [2.45, 2.75) is 19.8 Å². The molecule has 0 saturated heterocycles. The van der Waals surface area contributed by atoms with Crippen molar-refractivity contribution in [3.8, 4) is 0 Å². The average Bonchev–Trinajstić information content (AvgIpc) is 2.28. The van der Waals surface area contributed by atoms with Crippen LogP contribution in [0.1, 0.15) is 18.1 Å². The number of nitro benzene ring substituents is 1. The van der Waals surface area contributed by atoms with Crippen molar-refractivity contribution in [2.24, 2.45) is 0 Å². The van der Waals surface area contributed by atoms with Crippen LogP contribution in [0.15, 0.2) is 18.2 Å². The molecule has 0 atom stereocenters. The second kappa shape index (κ2) is 5.25. The molecule has 0 amide bonds. The van der Waals surface area contributed by atoms with E-state index in [0.29, 0.717) is 17.5 Å². The summed E-state index contributed by atoms with van der Waals surface area (Å²) in [6, 6.07) is 4.81. The Morgan fingerprint density at radius 2 is 2.19 bits per heavy atom. The number of nitrogens with zero attached hydrogens (tertiary/aromatic N) is 1. The maximum atomic E-state index is 11.0. The zero-order valence-corrected chi connectivity index (χ0v) is 9.23. The predicted octanol–water partition coefficient (Wildman–Crippen LogP) is 1.87. The smallest absolute Gasteiger partial charge is 0.309 e. The molecule has 0 spiro atoms. The first-order valence-electron chi connectivity index (χ1n) is 4.91. The van der Waals surface area contributed by atoms with Crippen LogP contribution >= 0.6 is 0 Å². The van der Waals surface area contributed by atoms with Crippen LogP contribution in [0.3, 0.4) is 0 Å². The number of rotatable bonds is 4. The third kappa shape index (κ3) is 2.79. The highest BCUT2D eigenvalue weighted by molar-refractivity contribution is 5.72. The number of ether oxygens (including phenoxy) is 1. The molecule has 0 N–H and O–H groups in total. The van der Waals surface area contributed by atoms with E-state index in [1.54, 1.807) is 12.1 Å². The minimum atomic E-state index is -0.431. The van der Waals surface area contributed by atoms with E-state index >= 15 is 0 Å². The molecule has 1 aromatic carbocycles. The average molecular weight is 223 g/mol. The first-order chi connectivity index (χ1) is 7.58. The summed E-state index contributed by atoms with van der Waals surface area (Å²) in [6.07, 6.45) is 0.649. The number of hydrogen-bond donors (Lipinski definition) is 0. The fourth-order valence-corrected chi connectivity index (χ4v) is 1.43. The highest BCUT2D eigenvalue weighted by Gasteiger charge is 2.14. The molecule has 0 fully saturated rings. The lowest BCUT2D eigenvalue weighted by Crippen LogP contribution is -2.05. The van der Waals surface area contributed by atoms with Crippen LogP contribution in [-0.4, -0.2) is 18.0 Å². The van der Waals surface area contributed by atoms with Crippen molar-refractivity contribution < 1.29 is 14.5 Å². The van der Waals surface area contributed by atoms with Gasteiger partial charge in [-0.15, -0.1) is 0 Å². The fraction of sp³-hybridized carbons (Fsp3) is 0.364. The van der Waals surface area contributed by atoms with Crippen molar-refractivity contribution in [1.82, 2.24) is 0 Å². The Balaban J connectivity index is 3.02. The Morgan fingerprint density at radius 1 is 1.50 bits per heavy atom. The first-order valence-corrected chi connectivity index (χ1v) is 4.91. The van der Waals surface area contributed by atoms with E-state index in [1.165, 1.54) is 13.2 Å². The van der Waals surface area contributed by atoms with Crippen molar-refractivity contribution in [2.75, 3.05) is 7.11 Å². The van der Waals surface area contributed by atoms with Crippen molar-refractivity contribution in [3.63, 3.8) is 0 Å². The predicted molar refractivity (Wildman–Crippen MR) is 58.2 cm³/mol. The van der Waals surface area contributed by atoms with E-state index in [1.807, 2.05) is 6.92 Å². The number of methoxy groups -OCH3 is 1. The summed E-state index contributed by atoms with van der Waals surface area (Å²) >= 11 is 0. The van der Waals surface area contributed by atoms with E-state index in [9.17, 15) is 14.9 Å². The molecule has 0 radical (unpaired) electrons. The van der Waals surface area contributed by atoms with Crippen LogP contribution in [0.5, 0.6) is 0 Å². The van der Waals surface area contributed by atoms with Gasteiger partial charge in [-0.05, 0) is 12.0 Å². The molecular weight excluding hydrogens is 210 g/mol. The van der Waals surface area contributed by atoms with Crippen LogP contribution in [0, 0.1) is 10.1 Å². The molecule has 0 aromatic heterocycles. The summed E-state index contributed by atoms with van der Waals surface area (Å²) in [7, 11) is 1.29. The number of carbonyl (C=O) groups is 1. The third-order valence-corrected chi connectivity index (χ3v) is 2.30. The summed E-state index contributed by atoms with van der Waals surface area (Å²) in [4.78, 5) is 21.4. The lowest BCUT2D eigenvalue weighted by Gasteiger charge is -2.03. The molecular formula is C11H13NO4. The van der Waals surface area contributed by atoms with Crippen molar-refractivity contribution in [3.05, 3.63) is 39.4 Å². The van der Waals surface area contributed by atoms with Gasteiger partial charge in [-0.25, -0.2) is 0 Å². The fourth-order valence-electron chi connectivity index (χ4n) is 1.43. The summed E-state index contributed by atoms with van der Waals surface area (Å²) in [6.45, 7) is 1.85. The molecule has 0 saturated carbocycles. The molecule has 16 heavy (non-hydrogen) atoms. The summed E-state index contributed by atoms with van der Waals surface area (Å²) < 4.78 is 4.50. The zero-order chi connectivity index (χ0) is 12.1. The van der Waals surface area contributed by atoms with Gasteiger partial charge in [0.25, 0.3) is 5.69 Å². The number of nitro groups is 1. The molecule has 0 aliphatic heterocycles. The van der Waals surface area contributed by atoms with Crippen LogP contribution in [0.2, 0.25) is 0 Å². The van der Waals surface area contributed by atoms with Gasteiger partial charge in [0.05, 0.1) is 18.5 Å². The number of carbonyl (C=O) groups excluding carboxylic acids is 1.